The topological polar surface area (TPSA) is 17.8 Å². The fourth-order valence-corrected chi connectivity index (χ4v) is 1.11. The second kappa shape index (κ2) is 3.56. The third-order valence-corrected chi connectivity index (χ3v) is 1.64. The number of rotatable bonds is 3. The van der Waals surface area contributed by atoms with Crippen molar-refractivity contribution in [3.63, 3.8) is 0 Å². The third kappa shape index (κ3) is 2.37. The van der Waals surface area contributed by atoms with E-state index >= 15 is 0 Å². The summed E-state index contributed by atoms with van der Waals surface area (Å²) in [6.45, 7) is 7.50. The molecule has 0 radical (unpaired) electrons. The molecule has 0 atom stereocenters. The number of hydrogen-bond donors (Lipinski definition) is 0. The molecule has 1 rings (SSSR count). The number of hydrogen-bond acceptors (Lipinski definition) is 1. The Balaban J connectivity index is 2.58. The molecule has 0 unspecified atom stereocenters. The Bertz CT molecular complexity index is 213. The van der Waals surface area contributed by atoms with Crippen molar-refractivity contribution >= 4 is 0 Å². The van der Waals surface area contributed by atoms with E-state index in [-0.39, 0.29) is 0 Å². The lowest BCUT2D eigenvalue weighted by Gasteiger charge is -1.99. The Morgan fingerprint density at radius 3 is 2.73 bits per heavy atom. The van der Waals surface area contributed by atoms with Gasteiger partial charge in [0, 0.05) is 12.7 Å². The van der Waals surface area contributed by atoms with Gasteiger partial charge in [0.1, 0.15) is 0 Å². The zero-order valence-electron chi connectivity index (χ0n) is 7.54. The van der Waals surface area contributed by atoms with E-state index in [9.17, 15) is 0 Å². The van der Waals surface area contributed by atoms with Gasteiger partial charge in [-0.25, -0.2) is 0 Å². The highest BCUT2D eigenvalue weighted by Gasteiger charge is 1.99. The fourth-order valence-electron chi connectivity index (χ4n) is 1.11. The van der Waals surface area contributed by atoms with Crippen molar-refractivity contribution in [3.8, 4) is 0 Å². The van der Waals surface area contributed by atoms with Crippen LogP contribution in [0.4, 0.5) is 0 Å². The molecule has 0 aliphatic heterocycles. The van der Waals surface area contributed by atoms with E-state index in [2.05, 4.69) is 31.9 Å². The van der Waals surface area contributed by atoms with Gasteiger partial charge in [0.15, 0.2) is 0 Å². The van der Waals surface area contributed by atoms with Gasteiger partial charge in [-0.15, -0.1) is 0 Å². The van der Waals surface area contributed by atoms with E-state index in [0.717, 1.165) is 13.0 Å². The average molecular weight is 152 g/mol. The van der Waals surface area contributed by atoms with Crippen molar-refractivity contribution in [2.45, 2.75) is 33.7 Å². The summed E-state index contributed by atoms with van der Waals surface area (Å²) in [5, 5.41) is 4.39. The Labute approximate surface area is 68.2 Å². The normalized spacial score (nSPS) is 10.9. The van der Waals surface area contributed by atoms with E-state index in [0.29, 0.717) is 5.92 Å². The Kier molecular flexibility index (Phi) is 2.69. The minimum atomic E-state index is 0.704. The highest BCUT2D eigenvalue weighted by Crippen LogP contribution is 2.04. The Morgan fingerprint density at radius 1 is 1.55 bits per heavy atom. The van der Waals surface area contributed by atoms with Gasteiger partial charge in [0.2, 0.25) is 0 Å². The van der Waals surface area contributed by atoms with E-state index in [4.69, 9.17) is 0 Å². The molecule has 0 aromatic carbocycles. The minimum absolute atomic E-state index is 0.704. The molecular weight excluding hydrogens is 136 g/mol. The second-order valence-corrected chi connectivity index (χ2v) is 3.26. The third-order valence-electron chi connectivity index (χ3n) is 1.64. The lowest BCUT2D eigenvalue weighted by molar-refractivity contribution is 0.600. The lowest BCUT2D eigenvalue weighted by atomic mass is 10.1. The predicted octanol–water partition coefficient (Wildman–Crippen LogP) is 2.10. The molecule has 1 aromatic heterocycles. The smallest absolute Gasteiger partial charge is 0.0627 e. The first-order chi connectivity index (χ1) is 5.22. The van der Waals surface area contributed by atoms with Gasteiger partial charge in [0.05, 0.1) is 5.69 Å². The zero-order chi connectivity index (χ0) is 8.27. The quantitative estimate of drug-likeness (QED) is 0.648. The molecule has 0 aliphatic carbocycles. The van der Waals surface area contributed by atoms with Crippen LogP contribution in [0, 0.1) is 5.92 Å². The van der Waals surface area contributed by atoms with Gasteiger partial charge in [-0.3, -0.25) is 4.68 Å². The van der Waals surface area contributed by atoms with Crippen molar-refractivity contribution < 1.29 is 0 Å². The first-order valence-electron chi connectivity index (χ1n) is 4.24. The number of aromatic nitrogens is 2. The van der Waals surface area contributed by atoms with Crippen LogP contribution in [0.5, 0.6) is 0 Å². The van der Waals surface area contributed by atoms with Gasteiger partial charge in [0.25, 0.3) is 0 Å². The van der Waals surface area contributed by atoms with Crippen LogP contribution < -0.4 is 0 Å². The SMILES string of the molecule is CCn1ccc(CC(C)C)n1. The molecule has 0 amide bonds. The summed E-state index contributed by atoms with van der Waals surface area (Å²) in [4.78, 5) is 0. The molecule has 1 heterocycles. The maximum atomic E-state index is 4.39. The largest absolute Gasteiger partial charge is 0.273 e. The average Bonchev–Trinajstić information content (AvgIpc) is 2.34. The molecule has 2 heteroatoms. The molecule has 0 saturated heterocycles. The van der Waals surface area contributed by atoms with E-state index in [1.807, 2.05) is 10.9 Å². The zero-order valence-corrected chi connectivity index (χ0v) is 7.54. The van der Waals surface area contributed by atoms with E-state index < -0.39 is 0 Å². The van der Waals surface area contributed by atoms with E-state index in [1.54, 1.807) is 0 Å². The molecule has 0 bridgehead atoms. The Morgan fingerprint density at radius 2 is 2.27 bits per heavy atom. The molecule has 0 spiro atoms. The Hall–Kier alpha value is -0.790. The molecule has 11 heavy (non-hydrogen) atoms. The van der Waals surface area contributed by atoms with Crippen LogP contribution in [-0.4, -0.2) is 9.78 Å². The monoisotopic (exact) mass is 152 g/mol. The van der Waals surface area contributed by atoms with Gasteiger partial charge >= 0.3 is 0 Å². The summed E-state index contributed by atoms with van der Waals surface area (Å²) in [5.41, 5.74) is 1.21. The highest BCUT2D eigenvalue weighted by atomic mass is 15.3. The molecule has 0 N–H and O–H groups in total. The van der Waals surface area contributed by atoms with Crippen LogP contribution in [-0.2, 0) is 13.0 Å². The van der Waals surface area contributed by atoms with Crippen LogP contribution in [0.25, 0.3) is 0 Å². The predicted molar refractivity (Wildman–Crippen MR) is 46.4 cm³/mol. The van der Waals surface area contributed by atoms with Crippen molar-refractivity contribution in [3.05, 3.63) is 18.0 Å². The summed E-state index contributed by atoms with van der Waals surface area (Å²) in [6, 6.07) is 2.10. The van der Waals surface area contributed by atoms with Crippen LogP contribution in [0.2, 0.25) is 0 Å². The molecule has 62 valence electrons. The first-order valence-corrected chi connectivity index (χ1v) is 4.24. The van der Waals surface area contributed by atoms with Crippen molar-refractivity contribution in [2.24, 2.45) is 5.92 Å². The van der Waals surface area contributed by atoms with Crippen LogP contribution in [0.15, 0.2) is 12.3 Å². The first kappa shape index (κ1) is 8.31. The summed E-state index contributed by atoms with van der Waals surface area (Å²) >= 11 is 0. The molecular formula is C9H16N2. The van der Waals surface area contributed by atoms with Crippen molar-refractivity contribution in [1.29, 1.82) is 0 Å². The number of aryl methyl sites for hydroxylation is 1. The minimum Gasteiger partial charge on any atom is -0.273 e. The fraction of sp³-hybridized carbons (Fsp3) is 0.667. The second-order valence-electron chi connectivity index (χ2n) is 3.26. The lowest BCUT2D eigenvalue weighted by Crippen LogP contribution is -1.98. The molecule has 0 aliphatic rings. The summed E-state index contributed by atoms with van der Waals surface area (Å²) in [6.07, 6.45) is 3.13. The van der Waals surface area contributed by atoms with Gasteiger partial charge in [-0.2, -0.15) is 5.10 Å². The van der Waals surface area contributed by atoms with E-state index in [1.165, 1.54) is 5.69 Å². The van der Waals surface area contributed by atoms with Gasteiger partial charge in [-0.05, 0) is 25.3 Å². The maximum Gasteiger partial charge on any atom is 0.0627 e. The summed E-state index contributed by atoms with van der Waals surface area (Å²) in [5.74, 6) is 0.704. The van der Waals surface area contributed by atoms with Gasteiger partial charge in [-0.1, -0.05) is 13.8 Å². The van der Waals surface area contributed by atoms with Crippen LogP contribution in [0.3, 0.4) is 0 Å². The van der Waals surface area contributed by atoms with Crippen LogP contribution >= 0.6 is 0 Å². The molecule has 0 fully saturated rings. The molecule has 1 aromatic rings. The van der Waals surface area contributed by atoms with Crippen molar-refractivity contribution in [1.82, 2.24) is 9.78 Å². The van der Waals surface area contributed by atoms with Crippen LogP contribution in [0.1, 0.15) is 26.5 Å². The molecule has 0 saturated carbocycles. The van der Waals surface area contributed by atoms with Crippen molar-refractivity contribution in [2.75, 3.05) is 0 Å². The highest BCUT2D eigenvalue weighted by molar-refractivity contribution is 4.99. The molecule has 2 nitrogen and oxygen atoms in total. The van der Waals surface area contributed by atoms with Gasteiger partial charge < -0.3 is 0 Å². The standard InChI is InChI=1S/C9H16N2/c1-4-11-6-5-9(10-11)7-8(2)3/h5-6,8H,4,7H2,1-3H3. The summed E-state index contributed by atoms with van der Waals surface area (Å²) < 4.78 is 1.97. The number of nitrogens with zero attached hydrogens (tertiary/aromatic N) is 2. The maximum absolute atomic E-state index is 4.39. The summed E-state index contributed by atoms with van der Waals surface area (Å²) in [7, 11) is 0.